The number of fused-ring (bicyclic) bond motifs is 1. The molecular weight excluding hydrogens is 282 g/mol. The van der Waals surface area contributed by atoms with E-state index in [1.54, 1.807) is 17.9 Å². The van der Waals surface area contributed by atoms with Crippen LogP contribution in [0.1, 0.15) is 25.3 Å². The summed E-state index contributed by atoms with van der Waals surface area (Å²) in [5, 5.41) is 5.69. The predicted molar refractivity (Wildman–Crippen MR) is 82.4 cm³/mol. The van der Waals surface area contributed by atoms with Gasteiger partial charge in [0.05, 0.1) is 6.42 Å². The van der Waals surface area contributed by atoms with Crippen LogP contribution in [-0.4, -0.2) is 35.7 Å². The van der Waals surface area contributed by atoms with E-state index >= 15 is 0 Å². The van der Waals surface area contributed by atoms with Gasteiger partial charge in [-0.25, -0.2) is 0 Å². The summed E-state index contributed by atoms with van der Waals surface area (Å²) in [5.41, 5.74) is 2.45. The van der Waals surface area contributed by atoms with Crippen LogP contribution < -0.4 is 10.6 Å². The van der Waals surface area contributed by atoms with Gasteiger partial charge < -0.3 is 15.5 Å². The highest BCUT2D eigenvalue weighted by Crippen LogP contribution is 2.27. The molecular formula is C16H19N3O3. The monoisotopic (exact) mass is 301 g/mol. The van der Waals surface area contributed by atoms with Crippen molar-refractivity contribution in [3.63, 3.8) is 0 Å². The molecule has 1 aromatic carbocycles. The summed E-state index contributed by atoms with van der Waals surface area (Å²) in [6.07, 6.45) is 1.74. The fourth-order valence-electron chi connectivity index (χ4n) is 3.01. The zero-order valence-electron chi connectivity index (χ0n) is 12.5. The Morgan fingerprint density at radius 1 is 1.27 bits per heavy atom. The smallest absolute Gasteiger partial charge is 0.228 e. The molecule has 22 heavy (non-hydrogen) atoms. The summed E-state index contributed by atoms with van der Waals surface area (Å²) >= 11 is 0. The van der Waals surface area contributed by atoms with Crippen LogP contribution in [0.25, 0.3) is 0 Å². The number of rotatable bonds is 2. The summed E-state index contributed by atoms with van der Waals surface area (Å²) in [7, 11) is 0. The Morgan fingerprint density at radius 3 is 2.68 bits per heavy atom. The first-order valence-electron chi connectivity index (χ1n) is 7.52. The van der Waals surface area contributed by atoms with Crippen LogP contribution in [0, 0.1) is 5.92 Å². The highest BCUT2D eigenvalue weighted by Gasteiger charge is 2.26. The number of nitrogens with zero attached hydrogens (tertiary/aromatic N) is 1. The summed E-state index contributed by atoms with van der Waals surface area (Å²) in [6, 6.07) is 5.46. The number of anilines is 2. The molecule has 2 N–H and O–H groups in total. The molecule has 1 aromatic rings. The second-order valence-corrected chi connectivity index (χ2v) is 5.87. The Morgan fingerprint density at radius 2 is 2.00 bits per heavy atom. The lowest BCUT2D eigenvalue weighted by Gasteiger charge is -2.30. The number of nitrogens with one attached hydrogen (secondary N) is 2. The number of carbonyl (C=O) groups excluding carboxylic acids is 3. The molecule has 3 amide bonds. The number of piperidine rings is 1. The summed E-state index contributed by atoms with van der Waals surface area (Å²) < 4.78 is 0. The molecule has 1 saturated heterocycles. The lowest BCUT2D eigenvalue weighted by Crippen LogP contribution is -2.40. The molecule has 0 aromatic heterocycles. The molecule has 2 heterocycles. The minimum atomic E-state index is -0.0661. The fraction of sp³-hybridized carbons (Fsp3) is 0.438. The second kappa shape index (κ2) is 5.79. The highest BCUT2D eigenvalue weighted by molar-refractivity contribution is 6.00. The van der Waals surface area contributed by atoms with Crippen LogP contribution in [0.2, 0.25) is 0 Å². The van der Waals surface area contributed by atoms with Gasteiger partial charge in [0, 0.05) is 37.3 Å². The molecule has 0 radical (unpaired) electrons. The molecule has 6 heteroatoms. The minimum absolute atomic E-state index is 0.0135. The zero-order valence-corrected chi connectivity index (χ0v) is 12.5. The first-order valence-corrected chi connectivity index (χ1v) is 7.52. The molecule has 0 aliphatic carbocycles. The fourth-order valence-corrected chi connectivity index (χ4v) is 3.01. The van der Waals surface area contributed by atoms with Gasteiger partial charge in [0.15, 0.2) is 0 Å². The molecule has 3 rings (SSSR count). The number of carbonyl (C=O) groups is 3. The zero-order chi connectivity index (χ0) is 15.7. The second-order valence-electron chi connectivity index (χ2n) is 5.87. The largest absolute Gasteiger partial charge is 0.343 e. The van der Waals surface area contributed by atoms with Gasteiger partial charge in [0.25, 0.3) is 0 Å². The van der Waals surface area contributed by atoms with Crippen LogP contribution in [-0.2, 0) is 20.8 Å². The quantitative estimate of drug-likeness (QED) is 0.866. The maximum atomic E-state index is 12.3. The summed E-state index contributed by atoms with van der Waals surface area (Å²) in [5.74, 6) is -0.0335. The van der Waals surface area contributed by atoms with Crippen molar-refractivity contribution in [3.8, 4) is 0 Å². The van der Waals surface area contributed by atoms with Crippen molar-refractivity contribution >= 4 is 29.1 Å². The van der Waals surface area contributed by atoms with Crippen LogP contribution in [0.4, 0.5) is 11.4 Å². The third kappa shape index (κ3) is 2.95. The van der Waals surface area contributed by atoms with Crippen molar-refractivity contribution in [1.82, 2.24) is 4.90 Å². The van der Waals surface area contributed by atoms with E-state index in [0.717, 1.165) is 11.3 Å². The molecule has 0 bridgehead atoms. The van der Waals surface area contributed by atoms with Crippen molar-refractivity contribution in [2.75, 3.05) is 23.7 Å². The van der Waals surface area contributed by atoms with Crippen molar-refractivity contribution < 1.29 is 14.4 Å². The van der Waals surface area contributed by atoms with Crippen molar-refractivity contribution in [1.29, 1.82) is 0 Å². The van der Waals surface area contributed by atoms with Crippen molar-refractivity contribution in [3.05, 3.63) is 23.8 Å². The Hall–Kier alpha value is -2.37. The maximum Gasteiger partial charge on any atom is 0.228 e. The van der Waals surface area contributed by atoms with E-state index in [1.807, 2.05) is 12.1 Å². The van der Waals surface area contributed by atoms with E-state index in [9.17, 15) is 14.4 Å². The lowest BCUT2D eigenvalue weighted by atomic mass is 9.95. The molecule has 6 nitrogen and oxygen atoms in total. The van der Waals surface area contributed by atoms with Crippen LogP contribution >= 0.6 is 0 Å². The third-order valence-electron chi connectivity index (χ3n) is 4.31. The number of likely N-dealkylation sites (tertiary alicyclic amines) is 1. The molecule has 0 saturated carbocycles. The number of hydrogen-bond acceptors (Lipinski definition) is 3. The van der Waals surface area contributed by atoms with Gasteiger partial charge in [-0.15, -0.1) is 0 Å². The number of hydrogen-bond donors (Lipinski definition) is 2. The lowest BCUT2D eigenvalue weighted by molar-refractivity contribution is -0.132. The molecule has 0 spiro atoms. The van der Waals surface area contributed by atoms with E-state index in [4.69, 9.17) is 0 Å². The topological polar surface area (TPSA) is 78.5 Å². The van der Waals surface area contributed by atoms with E-state index in [2.05, 4.69) is 10.6 Å². The first kappa shape index (κ1) is 14.6. The van der Waals surface area contributed by atoms with E-state index in [-0.39, 0.29) is 23.6 Å². The Kier molecular flexibility index (Phi) is 3.83. The van der Waals surface area contributed by atoms with Crippen LogP contribution in [0.15, 0.2) is 18.2 Å². The van der Waals surface area contributed by atoms with Crippen LogP contribution in [0.5, 0.6) is 0 Å². The average molecular weight is 301 g/mol. The molecule has 2 aliphatic rings. The van der Waals surface area contributed by atoms with Gasteiger partial charge in [0.2, 0.25) is 17.7 Å². The molecule has 1 fully saturated rings. The van der Waals surface area contributed by atoms with Gasteiger partial charge in [-0.05, 0) is 36.6 Å². The maximum absolute atomic E-state index is 12.3. The predicted octanol–water partition coefficient (Wildman–Crippen LogP) is 1.38. The summed E-state index contributed by atoms with van der Waals surface area (Å²) in [6.45, 7) is 2.83. The average Bonchev–Trinajstić information content (AvgIpc) is 2.86. The van der Waals surface area contributed by atoms with E-state index in [1.165, 1.54) is 0 Å². The Bertz CT molecular complexity index is 634. The number of amides is 3. The molecule has 0 atom stereocenters. The van der Waals surface area contributed by atoms with Gasteiger partial charge in [-0.3, -0.25) is 14.4 Å². The van der Waals surface area contributed by atoms with Crippen molar-refractivity contribution in [2.45, 2.75) is 26.2 Å². The minimum Gasteiger partial charge on any atom is -0.343 e. The van der Waals surface area contributed by atoms with Gasteiger partial charge in [0.1, 0.15) is 0 Å². The number of benzene rings is 1. The van der Waals surface area contributed by atoms with Crippen molar-refractivity contribution in [2.24, 2.45) is 5.92 Å². The normalized spacial score (nSPS) is 17.9. The van der Waals surface area contributed by atoms with E-state index < -0.39 is 0 Å². The van der Waals surface area contributed by atoms with Crippen LogP contribution in [0.3, 0.4) is 0 Å². The highest BCUT2D eigenvalue weighted by atomic mass is 16.2. The SMILES string of the molecule is CC(=O)N1CCC(C(=O)Nc2ccc3c(c2)CC(=O)N3)CC1. The Labute approximate surface area is 128 Å². The molecule has 2 aliphatic heterocycles. The molecule has 116 valence electrons. The van der Waals surface area contributed by atoms with Gasteiger partial charge in [-0.1, -0.05) is 0 Å². The van der Waals surface area contributed by atoms with E-state index in [0.29, 0.717) is 38.0 Å². The Balaban J connectivity index is 1.60. The van der Waals surface area contributed by atoms with Gasteiger partial charge in [-0.2, -0.15) is 0 Å². The molecule has 0 unspecified atom stereocenters. The first-order chi connectivity index (χ1) is 10.5. The summed E-state index contributed by atoms with van der Waals surface area (Å²) in [4.78, 5) is 36.7. The third-order valence-corrected chi connectivity index (χ3v) is 4.31. The standard InChI is InChI=1S/C16H19N3O3/c1-10(20)19-6-4-11(5-7-19)16(22)17-13-2-3-14-12(8-13)9-15(21)18-14/h2-3,8,11H,4-7,9H2,1H3,(H,17,22)(H,18,21). The van der Waals surface area contributed by atoms with Gasteiger partial charge >= 0.3 is 0 Å².